The van der Waals surface area contributed by atoms with Crippen molar-refractivity contribution in [2.45, 2.75) is 12.4 Å². The first kappa shape index (κ1) is 11.6. The minimum absolute atomic E-state index is 0.193. The summed E-state index contributed by atoms with van der Waals surface area (Å²) < 4.78 is 4.56. The Morgan fingerprint density at radius 3 is 3.06 bits per heavy atom. The van der Waals surface area contributed by atoms with Crippen LogP contribution in [0.3, 0.4) is 0 Å². The number of hydrogen-bond donors (Lipinski definition) is 1. The van der Waals surface area contributed by atoms with Crippen molar-refractivity contribution in [3.8, 4) is 0 Å². The van der Waals surface area contributed by atoms with Crippen LogP contribution in [0.5, 0.6) is 0 Å². The molecule has 0 saturated heterocycles. The van der Waals surface area contributed by atoms with Crippen LogP contribution in [0.25, 0.3) is 0 Å². The molecule has 6 heteroatoms. The highest BCUT2D eigenvalue weighted by atomic mass is 35.5. The Morgan fingerprint density at radius 1 is 1.47 bits per heavy atom. The molecule has 0 spiro atoms. The van der Waals surface area contributed by atoms with Gasteiger partial charge in [-0.25, -0.2) is 0 Å². The van der Waals surface area contributed by atoms with Crippen molar-refractivity contribution in [2.24, 2.45) is 0 Å². The molecule has 2 aromatic rings. The number of amides is 1. The molecule has 0 saturated carbocycles. The normalized spacial score (nSPS) is 10.2. The molecule has 0 unspecified atom stereocenters. The van der Waals surface area contributed by atoms with Gasteiger partial charge >= 0.3 is 0 Å². The summed E-state index contributed by atoms with van der Waals surface area (Å²) >= 11 is 5.70. The van der Waals surface area contributed by atoms with E-state index in [2.05, 4.69) is 20.0 Å². The van der Waals surface area contributed by atoms with Crippen molar-refractivity contribution in [3.05, 3.63) is 47.6 Å². The Morgan fingerprint density at radius 2 is 2.35 bits per heavy atom. The van der Waals surface area contributed by atoms with Gasteiger partial charge in [-0.15, -0.1) is 11.6 Å². The van der Waals surface area contributed by atoms with E-state index in [9.17, 15) is 4.79 Å². The zero-order valence-electron chi connectivity index (χ0n) is 8.89. The van der Waals surface area contributed by atoms with E-state index in [1.807, 2.05) is 6.07 Å². The van der Waals surface area contributed by atoms with Gasteiger partial charge in [0.1, 0.15) is 0 Å². The van der Waals surface area contributed by atoms with Gasteiger partial charge in [0.2, 0.25) is 6.39 Å². The third-order valence-corrected chi connectivity index (χ3v) is 2.47. The van der Waals surface area contributed by atoms with Crippen molar-refractivity contribution < 1.29 is 9.32 Å². The number of rotatable bonds is 4. The van der Waals surface area contributed by atoms with Gasteiger partial charge in [0.25, 0.3) is 5.91 Å². The molecule has 1 amide bonds. The van der Waals surface area contributed by atoms with Crippen LogP contribution in [-0.2, 0) is 12.4 Å². The van der Waals surface area contributed by atoms with Gasteiger partial charge in [0.15, 0.2) is 5.82 Å². The molecule has 17 heavy (non-hydrogen) atoms. The topological polar surface area (TPSA) is 68.0 Å². The van der Waals surface area contributed by atoms with Gasteiger partial charge in [-0.05, 0) is 17.7 Å². The summed E-state index contributed by atoms with van der Waals surface area (Å²) in [5, 5.41) is 6.28. The summed E-state index contributed by atoms with van der Waals surface area (Å²) in [6, 6.07) is 7.13. The Bertz CT molecular complexity index is 499. The lowest BCUT2D eigenvalue weighted by molar-refractivity contribution is 0.0949. The van der Waals surface area contributed by atoms with E-state index in [1.165, 1.54) is 6.39 Å². The highest BCUT2D eigenvalue weighted by Gasteiger charge is 2.07. The molecule has 0 atom stereocenters. The van der Waals surface area contributed by atoms with E-state index >= 15 is 0 Å². The average Bonchev–Trinajstić information content (AvgIpc) is 2.89. The molecule has 1 N–H and O–H groups in total. The van der Waals surface area contributed by atoms with Gasteiger partial charge in [-0.3, -0.25) is 4.79 Å². The predicted octanol–water partition coefficient (Wildman–Crippen LogP) is 1.74. The molecule has 5 nitrogen and oxygen atoms in total. The Kier molecular flexibility index (Phi) is 3.72. The van der Waals surface area contributed by atoms with Gasteiger partial charge < -0.3 is 9.84 Å². The SMILES string of the molecule is O=C(NCc1ncon1)c1cccc(CCl)c1. The lowest BCUT2D eigenvalue weighted by Gasteiger charge is -2.03. The Labute approximate surface area is 103 Å². The maximum Gasteiger partial charge on any atom is 0.251 e. The quantitative estimate of drug-likeness (QED) is 0.841. The standard InChI is InChI=1S/C11H10ClN3O2/c12-5-8-2-1-3-9(4-8)11(16)13-6-10-14-7-17-15-10/h1-4,7H,5-6H2,(H,13,16). The van der Waals surface area contributed by atoms with Crippen LogP contribution in [0.2, 0.25) is 0 Å². The maximum atomic E-state index is 11.8. The average molecular weight is 252 g/mol. The number of halogens is 1. The van der Waals surface area contributed by atoms with Crippen molar-refractivity contribution in [3.63, 3.8) is 0 Å². The van der Waals surface area contributed by atoms with Crippen molar-refractivity contribution in [2.75, 3.05) is 0 Å². The number of aromatic nitrogens is 2. The van der Waals surface area contributed by atoms with E-state index in [1.54, 1.807) is 18.2 Å². The summed E-state index contributed by atoms with van der Waals surface area (Å²) in [5.74, 6) is 0.625. The first-order valence-electron chi connectivity index (χ1n) is 4.98. The minimum atomic E-state index is -0.193. The van der Waals surface area contributed by atoms with Gasteiger partial charge in [-0.2, -0.15) is 4.98 Å². The lowest BCUT2D eigenvalue weighted by Crippen LogP contribution is -2.23. The first-order chi connectivity index (χ1) is 8.29. The number of nitrogens with one attached hydrogen (secondary N) is 1. The first-order valence-corrected chi connectivity index (χ1v) is 5.51. The lowest BCUT2D eigenvalue weighted by atomic mass is 10.1. The number of hydrogen-bond acceptors (Lipinski definition) is 4. The molecule has 1 aromatic heterocycles. The Hall–Kier alpha value is -1.88. The largest absolute Gasteiger partial charge is 0.345 e. The van der Waals surface area contributed by atoms with Crippen LogP contribution >= 0.6 is 11.6 Å². The number of nitrogens with zero attached hydrogens (tertiary/aromatic N) is 2. The van der Waals surface area contributed by atoms with Crippen molar-refractivity contribution >= 4 is 17.5 Å². The number of benzene rings is 1. The van der Waals surface area contributed by atoms with Crippen molar-refractivity contribution in [1.29, 1.82) is 0 Å². The summed E-state index contributed by atoms with van der Waals surface area (Å²) in [6.45, 7) is 0.237. The smallest absolute Gasteiger partial charge is 0.251 e. The van der Waals surface area contributed by atoms with E-state index in [0.717, 1.165) is 5.56 Å². The number of alkyl halides is 1. The van der Waals surface area contributed by atoms with Crippen LogP contribution in [0.1, 0.15) is 21.7 Å². The molecule has 2 rings (SSSR count). The van der Waals surface area contributed by atoms with Crippen LogP contribution in [0.15, 0.2) is 35.2 Å². The molecule has 1 heterocycles. The fourth-order valence-corrected chi connectivity index (χ4v) is 1.49. The molecule has 0 radical (unpaired) electrons. The zero-order valence-corrected chi connectivity index (χ0v) is 9.65. The van der Waals surface area contributed by atoms with E-state index in [4.69, 9.17) is 11.6 Å². The molecule has 0 aliphatic carbocycles. The predicted molar refractivity (Wildman–Crippen MR) is 61.5 cm³/mol. The van der Waals surface area contributed by atoms with Gasteiger partial charge in [-0.1, -0.05) is 17.3 Å². The summed E-state index contributed by atoms with van der Waals surface area (Å²) in [7, 11) is 0. The second kappa shape index (κ2) is 5.45. The fraction of sp³-hybridized carbons (Fsp3) is 0.182. The molecule has 88 valence electrons. The van der Waals surface area contributed by atoms with Crippen LogP contribution in [0.4, 0.5) is 0 Å². The van der Waals surface area contributed by atoms with E-state index < -0.39 is 0 Å². The fourth-order valence-electron chi connectivity index (χ4n) is 1.33. The summed E-state index contributed by atoms with van der Waals surface area (Å²) in [6.07, 6.45) is 1.22. The molecule has 0 fully saturated rings. The number of carbonyl (C=O) groups is 1. The summed E-state index contributed by atoms with van der Waals surface area (Å²) in [4.78, 5) is 15.6. The molecule has 1 aromatic carbocycles. The van der Waals surface area contributed by atoms with Crippen molar-refractivity contribution in [1.82, 2.24) is 15.5 Å². The maximum absolute atomic E-state index is 11.8. The zero-order chi connectivity index (χ0) is 12.1. The third kappa shape index (κ3) is 3.04. The minimum Gasteiger partial charge on any atom is -0.345 e. The second-order valence-corrected chi connectivity index (χ2v) is 3.63. The van der Waals surface area contributed by atoms with E-state index in [0.29, 0.717) is 17.3 Å². The molecular formula is C11H10ClN3O2. The van der Waals surface area contributed by atoms with Crippen LogP contribution in [-0.4, -0.2) is 16.0 Å². The monoisotopic (exact) mass is 251 g/mol. The summed E-state index contributed by atoms with van der Waals surface area (Å²) in [5.41, 5.74) is 1.46. The molecule has 0 aliphatic rings. The van der Waals surface area contributed by atoms with E-state index in [-0.39, 0.29) is 12.5 Å². The highest BCUT2D eigenvalue weighted by Crippen LogP contribution is 2.07. The van der Waals surface area contributed by atoms with Gasteiger partial charge in [0, 0.05) is 11.4 Å². The molecule has 0 aliphatic heterocycles. The van der Waals surface area contributed by atoms with Crippen LogP contribution < -0.4 is 5.32 Å². The molecular weight excluding hydrogens is 242 g/mol. The second-order valence-electron chi connectivity index (χ2n) is 3.36. The Balaban J connectivity index is 1.99. The van der Waals surface area contributed by atoms with Crippen LogP contribution in [0, 0.1) is 0 Å². The highest BCUT2D eigenvalue weighted by molar-refractivity contribution is 6.17. The van der Waals surface area contributed by atoms with Gasteiger partial charge in [0.05, 0.1) is 6.54 Å². The number of carbonyl (C=O) groups excluding carboxylic acids is 1. The molecule has 0 bridgehead atoms. The third-order valence-electron chi connectivity index (χ3n) is 2.16.